The van der Waals surface area contributed by atoms with Gasteiger partial charge in [-0.25, -0.2) is 9.78 Å². The second-order valence-corrected chi connectivity index (χ2v) is 12.7. The molecule has 0 spiro atoms. The summed E-state index contributed by atoms with van der Waals surface area (Å²) >= 11 is 3.20. The van der Waals surface area contributed by atoms with Crippen LogP contribution in [0.15, 0.2) is 18.2 Å². The van der Waals surface area contributed by atoms with E-state index in [0.29, 0.717) is 18.8 Å². The van der Waals surface area contributed by atoms with Crippen molar-refractivity contribution in [2.24, 2.45) is 0 Å². The number of thioether (sulfide) groups is 1. The van der Waals surface area contributed by atoms with Crippen LogP contribution in [0.3, 0.4) is 0 Å². The minimum absolute atomic E-state index is 0.0144. The lowest BCUT2D eigenvalue weighted by Crippen LogP contribution is -2.51. The van der Waals surface area contributed by atoms with E-state index >= 15 is 0 Å². The van der Waals surface area contributed by atoms with Crippen molar-refractivity contribution >= 4 is 56.1 Å². The van der Waals surface area contributed by atoms with Crippen molar-refractivity contribution in [3.8, 4) is 0 Å². The first-order valence-electron chi connectivity index (χ1n) is 12.5. The zero-order chi connectivity index (χ0) is 26.3. The maximum absolute atomic E-state index is 13.3. The van der Waals surface area contributed by atoms with Crippen LogP contribution in [0.5, 0.6) is 0 Å². The van der Waals surface area contributed by atoms with Crippen LogP contribution in [0.25, 0.3) is 10.2 Å². The van der Waals surface area contributed by atoms with Crippen molar-refractivity contribution < 1.29 is 19.2 Å². The molecule has 0 bridgehead atoms. The van der Waals surface area contributed by atoms with E-state index in [4.69, 9.17) is 4.74 Å². The van der Waals surface area contributed by atoms with Gasteiger partial charge in [-0.3, -0.25) is 24.7 Å². The van der Waals surface area contributed by atoms with Gasteiger partial charge in [0.2, 0.25) is 5.91 Å². The van der Waals surface area contributed by atoms with Gasteiger partial charge in [-0.15, -0.1) is 11.8 Å². The van der Waals surface area contributed by atoms with Crippen molar-refractivity contribution in [1.82, 2.24) is 19.7 Å². The van der Waals surface area contributed by atoms with Gasteiger partial charge in [0.05, 0.1) is 21.0 Å². The molecule has 0 radical (unpaired) electrons. The Hall–Kier alpha value is -2.64. The van der Waals surface area contributed by atoms with Crippen LogP contribution < -0.4 is 4.90 Å². The Morgan fingerprint density at radius 3 is 2.57 bits per heavy atom. The molecule has 1 aromatic heterocycles. The Labute approximate surface area is 223 Å². The number of carbonyl (C=O) groups is 2. The lowest BCUT2D eigenvalue weighted by molar-refractivity contribution is -0.384. The summed E-state index contributed by atoms with van der Waals surface area (Å²) in [7, 11) is 0. The predicted molar refractivity (Wildman–Crippen MR) is 144 cm³/mol. The molecule has 3 aliphatic heterocycles. The molecule has 2 amide bonds. The van der Waals surface area contributed by atoms with Gasteiger partial charge in [-0.05, 0) is 33.3 Å². The summed E-state index contributed by atoms with van der Waals surface area (Å²) in [5, 5.41) is 12.0. The second-order valence-electron chi connectivity index (χ2n) is 10.6. The number of hydrogen-bond acceptors (Lipinski definition) is 10. The van der Waals surface area contributed by atoms with Crippen LogP contribution in [-0.4, -0.2) is 105 Å². The Morgan fingerprint density at radius 1 is 1.16 bits per heavy atom. The molecule has 11 nitrogen and oxygen atoms in total. The van der Waals surface area contributed by atoms with Gasteiger partial charge in [0.15, 0.2) is 5.13 Å². The number of non-ortho nitro benzene ring substituents is 1. The number of likely N-dealkylation sites (tertiary alicyclic amines) is 1. The van der Waals surface area contributed by atoms with Gasteiger partial charge < -0.3 is 14.5 Å². The highest BCUT2D eigenvalue weighted by Gasteiger charge is 2.45. The first kappa shape index (κ1) is 26.0. The maximum atomic E-state index is 13.3. The van der Waals surface area contributed by atoms with Crippen molar-refractivity contribution in [2.75, 3.05) is 55.8 Å². The van der Waals surface area contributed by atoms with Gasteiger partial charge >= 0.3 is 6.09 Å². The number of anilines is 1. The van der Waals surface area contributed by atoms with Gasteiger partial charge in [-0.2, -0.15) is 0 Å². The van der Waals surface area contributed by atoms with E-state index in [1.807, 2.05) is 25.7 Å². The highest BCUT2D eigenvalue weighted by Crippen LogP contribution is 2.33. The zero-order valence-electron chi connectivity index (χ0n) is 21.3. The molecule has 200 valence electrons. The topological polar surface area (TPSA) is 112 Å². The van der Waals surface area contributed by atoms with E-state index < -0.39 is 17.7 Å². The third-order valence-electron chi connectivity index (χ3n) is 6.93. The molecular weight excluding hydrogens is 516 g/mol. The predicted octanol–water partition coefficient (Wildman–Crippen LogP) is 3.24. The lowest BCUT2D eigenvalue weighted by Gasteiger charge is -2.37. The average Bonchev–Trinajstić information content (AvgIpc) is 3.61. The Balaban J connectivity index is 1.25. The molecule has 1 aromatic carbocycles. The number of thiazole rings is 1. The van der Waals surface area contributed by atoms with Gasteiger partial charge in [0.1, 0.15) is 11.6 Å². The van der Waals surface area contributed by atoms with E-state index in [9.17, 15) is 19.7 Å². The van der Waals surface area contributed by atoms with Gasteiger partial charge in [0, 0.05) is 63.2 Å². The molecular formula is C24H32N6O5S2. The van der Waals surface area contributed by atoms with Crippen LogP contribution in [0.2, 0.25) is 0 Å². The molecule has 3 fully saturated rings. The number of nitrogens with zero attached hydrogens (tertiary/aromatic N) is 6. The summed E-state index contributed by atoms with van der Waals surface area (Å²) < 4.78 is 6.47. The number of nitro benzene ring substituents is 1. The van der Waals surface area contributed by atoms with E-state index in [0.717, 1.165) is 53.8 Å². The van der Waals surface area contributed by atoms with Gasteiger partial charge in [-0.1, -0.05) is 11.3 Å². The number of benzene rings is 1. The first-order valence-corrected chi connectivity index (χ1v) is 14.5. The smallest absolute Gasteiger partial charge is 0.411 e. The quantitative estimate of drug-likeness (QED) is 0.420. The molecule has 2 atom stereocenters. The zero-order valence-corrected chi connectivity index (χ0v) is 22.9. The Bertz CT molecular complexity index is 1190. The summed E-state index contributed by atoms with van der Waals surface area (Å²) in [5.41, 5.74) is 0.202. The number of amides is 2. The van der Waals surface area contributed by atoms with E-state index in [1.165, 1.54) is 17.4 Å². The number of nitro groups is 1. The fraction of sp³-hybridized carbons (Fsp3) is 0.625. The maximum Gasteiger partial charge on any atom is 0.411 e. The van der Waals surface area contributed by atoms with Crippen molar-refractivity contribution in [2.45, 2.75) is 44.9 Å². The standard InChI is InChI=1S/C24H32N6O5S2/c1-24(2,3)35-23(32)29-14-17(12-19(29)21(31)28-10-11-36-15-28)26-6-8-27(9-7-26)22-25-18-5-4-16(30(33)34)13-20(18)37-22/h4-5,13,17,19H,6-12,14-15H2,1-3H3/t17-,19-/m0/s1. The normalized spacial score (nSPS) is 23.2. The summed E-state index contributed by atoms with van der Waals surface area (Å²) in [5.74, 6) is 1.61. The molecule has 4 heterocycles. The second kappa shape index (κ2) is 10.3. The number of carbonyl (C=O) groups excluding carboxylic acids is 2. The third kappa shape index (κ3) is 5.63. The molecule has 3 aliphatic rings. The number of hydrogen-bond donors (Lipinski definition) is 0. The molecule has 0 aliphatic carbocycles. The van der Waals surface area contributed by atoms with Crippen molar-refractivity contribution in [3.05, 3.63) is 28.3 Å². The number of aromatic nitrogens is 1. The molecule has 0 saturated carbocycles. The monoisotopic (exact) mass is 548 g/mol. The van der Waals surface area contributed by atoms with Crippen LogP contribution in [-0.2, 0) is 9.53 Å². The summed E-state index contributed by atoms with van der Waals surface area (Å²) in [6.45, 7) is 9.78. The molecule has 0 unspecified atom stereocenters. The van der Waals surface area contributed by atoms with E-state index in [1.54, 1.807) is 28.8 Å². The van der Waals surface area contributed by atoms with Crippen LogP contribution in [0.4, 0.5) is 15.6 Å². The average molecular weight is 549 g/mol. The fourth-order valence-corrected chi connectivity index (χ4v) is 7.07. The molecule has 13 heteroatoms. The fourth-order valence-electron chi connectivity index (χ4n) is 5.06. The summed E-state index contributed by atoms with van der Waals surface area (Å²) in [6, 6.07) is 4.34. The third-order valence-corrected chi connectivity index (χ3v) is 8.97. The Kier molecular flexibility index (Phi) is 7.20. The van der Waals surface area contributed by atoms with Gasteiger partial charge in [0.25, 0.3) is 5.69 Å². The minimum Gasteiger partial charge on any atom is -0.444 e. The number of piperazine rings is 1. The summed E-state index contributed by atoms with van der Waals surface area (Å²) in [4.78, 5) is 49.8. The number of fused-ring (bicyclic) bond motifs is 1. The minimum atomic E-state index is -0.629. The SMILES string of the molecule is CC(C)(C)OC(=O)N1C[C@@H](N2CCN(c3nc4ccc([N+](=O)[O-])cc4s3)CC2)C[C@H]1C(=O)N1CCSC1. The van der Waals surface area contributed by atoms with Crippen LogP contribution in [0.1, 0.15) is 27.2 Å². The van der Waals surface area contributed by atoms with Crippen molar-refractivity contribution in [1.29, 1.82) is 0 Å². The highest BCUT2D eigenvalue weighted by atomic mass is 32.2. The molecule has 3 saturated heterocycles. The highest BCUT2D eigenvalue weighted by molar-refractivity contribution is 7.99. The lowest BCUT2D eigenvalue weighted by atomic mass is 10.1. The summed E-state index contributed by atoms with van der Waals surface area (Å²) in [6.07, 6.45) is 0.173. The van der Waals surface area contributed by atoms with Crippen LogP contribution >= 0.6 is 23.1 Å². The van der Waals surface area contributed by atoms with Crippen LogP contribution in [0, 0.1) is 10.1 Å². The molecule has 37 heavy (non-hydrogen) atoms. The van der Waals surface area contributed by atoms with E-state index in [-0.39, 0.29) is 22.6 Å². The van der Waals surface area contributed by atoms with E-state index in [2.05, 4.69) is 14.8 Å². The largest absolute Gasteiger partial charge is 0.444 e. The molecule has 5 rings (SSSR count). The first-order chi connectivity index (χ1) is 17.6. The van der Waals surface area contributed by atoms with Crippen molar-refractivity contribution in [3.63, 3.8) is 0 Å². The molecule has 0 N–H and O–H groups in total. The number of rotatable bonds is 4. The number of ether oxygens (including phenoxy) is 1. The Morgan fingerprint density at radius 2 is 1.92 bits per heavy atom. The molecule has 2 aromatic rings.